The first-order valence-corrected chi connectivity index (χ1v) is 6.72. The van der Waals surface area contributed by atoms with E-state index in [1.165, 1.54) is 5.56 Å². The smallest absolute Gasteiger partial charge is 0.198 e. The minimum Gasteiger partial charge on any atom is -0.465 e. The molecule has 0 radical (unpaired) electrons. The largest absolute Gasteiger partial charge is 0.465 e. The molecule has 18 heavy (non-hydrogen) atoms. The van der Waals surface area contributed by atoms with Crippen molar-refractivity contribution in [3.8, 4) is 5.75 Å². The fourth-order valence-electron chi connectivity index (χ4n) is 2.42. The van der Waals surface area contributed by atoms with Crippen LogP contribution in [0.3, 0.4) is 0 Å². The van der Waals surface area contributed by atoms with Crippen LogP contribution in [0.15, 0.2) is 53.0 Å². The maximum atomic E-state index is 9.82. The zero-order chi connectivity index (χ0) is 12.5. The van der Waals surface area contributed by atoms with E-state index in [1.54, 1.807) is 0 Å². The molecule has 2 nitrogen and oxygen atoms in total. The van der Waals surface area contributed by atoms with Gasteiger partial charge in [0.05, 0.1) is 0 Å². The first-order chi connectivity index (χ1) is 8.74. The Hall–Kier alpha value is -1.32. The van der Waals surface area contributed by atoms with E-state index < -0.39 is 6.29 Å². The Bertz CT molecular complexity index is 554. The van der Waals surface area contributed by atoms with Crippen LogP contribution in [0.4, 0.5) is 0 Å². The minimum absolute atomic E-state index is 0.183. The van der Waals surface area contributed by atoms with Crippen molar-refractivity contribution < 1.29 is 9.84 Å². The molecule has 0 bridgehead atoms. The summed E-state index contributed by atoms with van der Waals surface area (Å²) in [5.74, 6) is 0.952. The van der Waals surface area contributed by atoms with Crippen molar-refractivity contribution in [3.63, 3.8) is 0 Å². The molecule has 2 aromatic rings. The zero-order valence-corrected chi connectivity index (χ0v) is 11.3. The van der Waals surface area contributed by atoms with Crippen LogP contribution >= 0.6 is 15.9 Å². The highest BCUT2D eigenvalue weighted by Gasteiger charge is 2.28. The molecule has 0 spiro atoms. The number of aliphatic hydroxyl groups is 1. The van der Waals surface area contributed by atoms with Crippen molar-refractivity contribution in [2.24, 2.45) is 0 Å². The van der Waals surface area contributed by atoms with Gasteiger partial charge in [0.2, 0.25) is 0 Å². The van der Waals surface area contributed by atoms with E-state index in [0.717, 1.165) is 15.8 Å². The van der Waals surface area contributed by atoms with Crippen molar-refractivity contribution in [3.05, 3.63) is 64.1 Å². The maximum absolute atomic E-state index is 9.82. The first-order valence-electron chi connectivity index (χ1n) is 5.93. The van der Waals surface area contributed by atoms with E-state index in [-0.39, 0.29) is 5.92 Å². The van der Waals surface area contributed by atoms with E-state index in [0.29, 0.717) is 6.42 Å². The Morgan fingerprint density at radius 2 is 1.89 bits per heavy atom. The normalized spacial score (nSPS) is 22.1. The fraction of sp³-hybridized carbons (Fsp3) is 0.200. The molecular formula is C15H13BrO2. The average Bonchev–Trinajstić information content (AvgIpc) is 2.39. The van der Waals surface area contributed by atoms with E-state index in [4.69, 9.17) is 4.74 Å². The van der Waals surface area contributed by atoms with E-state index >= 15 is 0 Å². The summed E-state index contributed by atoms with van der Waals surface area (Å²) in [5, 5.41) is 9.82. The third-order valence-electron chi connectivity index (χ3n) is 3.25. The van der Waals surface area contributed by atoms with Gasteiger partial charge in [0.25, 0.3) is 0 Å². The van der Waals surface area contributed by atoms with Crippen LogP contribution in [-0.4, -0.2) is 11.4 Å². The van der Waals surface area contributed by atoms with Crippen LogP contribution in [0, 0.1) is 0 Å². The maximum Gasteiger partial charge on any atom is 0.198 e. The molecule has 3 heteroatoms. The molecule has 0 fully saturated rings. The molecule has 3 rings (SSSR count). The second kappa shape index (κ2) is 4.75. The number of halogens is 1. The van der Waals surface area contributed by atoms with Gasteiger partial charge in [-0.2, -0.15) is 0 Å². The Morgan fingerprint density at radius 1 is 1.11 bits per heavy atom. The Kier molecular flexibility index (Phi) is 3.10. The van der Waals surface area contributed by atoms with Crippen LogP contribution < -0.4 is 4.74 Å². The molecule has 2 aromatic carbocycles. The fourth-order valence-corrected chi connectivity index (χ4v) is 2.80. The lowest BCUT2D eigenvalue weighted by molar-refractivity contribution is -0.0359. The lowest BCUT2D eigenvalue weighted by Gasteiger charge is -2.30. The first kappa shape index (κ1) is 11.8. The monoisotopic (exact) mass is 304 g/mol. The minimum atomic E-state index is -0.733. The average molecular weight is 305 g/mol. The van der Waals surface area contributed by atoms with Crippen LogP contribution in [0.2, 0.25) is 0 Å². The van der Waals surface area contributed by atoms with Crippen molar-refractivity contribution in [2.75, 3.05) is 0 Å². The highest BCUT2D eigenvalue weighted by atomic mass is 79.9. The van der Waals surface area contributed by atoms with Gasteiger partial charge in [-0.15, -0.1) is 0 Å². The van der Waals surface area contributed by atoms with Gasteiger partial charge < -0.3 is 9.84 Å². The number of fused-ring (bicyclic) bond motifs is 1. The zero-order valence-electron chi connectivity index (χ0n) is 9.71. The van der Waals surface area contributed by atoms with Crippen molar-refractivity contribution in [1.82, 2.24) is 0 Å². The van der Waals surface area contributed by atoms with Gasteiger partial charge in [-0.25, -0.2) is 0 Å². The van der Waals surface area contributed by atoms with Crippen LogP contribution in [0.1, 0.15) is 23.5 Å². The molecule has 1 heterocycles. The molecule has 92 valence electrons. The number of hydrogen-bond donors (Lipinski definition) is 1. The van der Waals surface area contributed by atoms with Gasteiger partial charge in [0, 0.05) is 22.4 Å². The molecule has 0 saturated carbocycles. The molecule has 0 aliphatic carbocycles. The van der Waals surface area contributed by atoms with E-state index in [2.05, 4.69) is 34.1 Å². The molecule has 0 amide bonds. The molecule has 1 aliphatic rings. The van der Waals surface area contributed by atoms with Crippen LogP contribution in [0.25, 0.3) is 0 Å². The molecular weight excluding hydrogens is 292 g/mol. The lowest BCUT2D eigenvalue weighted by Crippen LogP contribution is -2.25. The number of ether oxygens (including phenoxy) is 1. The van der Waals surface area contributed by atoms with Crippen LogP contribution in [-0.2, 0) is 0 Å². The van der Waals surface area contributed by atoms with E-state index in [9.17, 15) is 5.11 Å². The summed E-state index contributed by atoms with van der Waals surface area (Å²) >= 11 is 3.49. The lowest BCUT2D eigenvalue weighted by atomic mass is 9.86. The van der Waals surface area contributed by atoms with Gasteiger partial charge in [-0.05, 0) is 23.8 Å². The predicted molar refractivity (Wildman–Crippen MR) is 73.7 cm³/mol. The second-order valence-electron chi connectivity index (χ2n) is 4.45. The van der Waals surface area contributed by atoms with Gasteiger partial charge in [0.1, 0.15) is 5.75 Å². The summed E-state index contributed by atoms with van der Waals surface area (Å²) in [6.07, 6.45) is -0.142. The molecule has 1 aliphatic heterocycles. The Balaban J connectivity index is 2.09. The number of aliphatic hydroxyl groups excluding tert-OH is 1. The SMILES string of the molecule is O[C@H]1C[C@H](c2ccccc2)c2cc(Br)ccc2O1. The molecule has 0 saturated heterocycles. The van der Waals surface area contributed by atoms with E-state index in [1.807, 2.05) is 30.3 Å². The molecule has 0 unspecified atom stereocenters. The summed E-state index contributed by atoms with van der Waals surface area (Å²) in [7, 11) is 0. The summed E-state index contributed by atoms with van der Waals surface area (Å²) in [4.78, 5) is 0. The molecule has 1 N–H and O–H groups in total. The van der Waals surface area contributed by atoms with Crippen molar-refractivity contribution in [1.29, 1.82) is 0 Å². The standard InChI is InChI=1S/C15H13BrO2/c16-11-6-7-14-13(8-11)12(9-15(17)18-14)10-4-2-1-3-5-10/h1-8,12,15,17H,9H2/t12-,15-/m1/s1. The van der Waals surface area contributed by atoms with Gasteiger partial charge in [-0.1, -0.05) is 46.3 Å². The molecule has 0 aromatic heterocycles. The number of rotatable bonds is 1. The Morgan fingerprint density at radius 3 is 2.67 bits per heavy atom. The van der Waals surface area contributed by atoms with Gasteiger partial charge in [0.15, 0.2) is 6.29 Å². The highest BCUT2D eigenvalue weighted by molar-refractivity contribution is 9.10. The highest BCUT2D eigenvalue weighted by Crippen LogP contribution is 2.40. The quantitative estimate of drug-likeness (QED) is 0.871. The summed E-state index contributed by atoms with van der Waals surface area (Å²) in [6.45, 7) is 0. The number of benzene rings is 2. The third-order valence-corrected chi connectivity index (χ3v) is 3.74. The van der Waals surface area contributed by atoms with Gasteiger partial charge in [-0.3, -0.25) is 0 Å². The van der Waals surface area contributed by atoms with Crippen LogP contribution in [0.5, 0.6) is 5.75 Å². The number of hydrogen-bond acceptors (Lipinski definition) is 2. The predicted octanol–water partition coefficient (Wildman–Crippen LogP) is 3.68. The van der Waals surface area contributed by atoms with Gasteiger partial charge >= 0.3 is 0 Å². The summed E-state index contributed by atoms with van der Waals surface area (Å²) < 4.78 is 6.50. The van der Waals surface area contributed by atoms with Crippen molar-refractivity contribution in [2.45, 2.75) is 18.6 Å². The third kappa shape index (κ3) is 2.16. The Labute approximate surface area is 114 Å². The summed E-state index contributed by atoms with van der Waals surface area (Å²) in [6, 6.07) is 16.1. The van der Waals surface area contributed by atoms with Crippen molar-refractivity contribution >= 4 is 15.9 Å². The summed E-state index contributed by atoms with van der Waals surface area (Å²) in [5.41, 5.74) is 2.33. The molecule has 2 atom stereocenters. The topological polar surface area (TPSA) is 29.5 Å². The second-order valence-corrected chi connectivity index (χ2v) is 5.37.